The van der Waals surface area contributed by atoms with Gasteiger partial charge in [-0.25, -0.2) is 9.97 Å². The second kappa shape index (κ2) is 8.20. The molecule has 4 rings (SSSR count). The van der Waals surface area contributed by atoms with Crippen LogP contribution in [0.4, 0.5) is 11.5 Å². The molecule has 1 aliphatic rings. The molecule has 30 heavy (non-hydrogen) atoms. The van der Waals surface area contributed by atoms with Crippen LogP contribution in [-0.2, 0) is 4.74 Å². The third kappa shape index (κ3) is 4.16. The Balaban J connectivity index is 1.66. The third-order valence-corrected chi connectivity index (χ3v) is 5.18. The number of hydrogen-bond donors (Lipinski definition) is 2. The van der Waals surface area contributed by atoms with Gasteiger partial charge in [-0.3, -0.25) is 10.4 Å². The molecule has 0 spiro atoms. The van der Waals surface area contributed by atoms with Gasteiger partial charge < -0.3 is 15.4 Å². The second-order valence-corrected chi connectivity index (χ2v) is 7.85. The molecule has 7 nitrogen and oxygen atoms in total. The largest absolute Gasteiger partial charge is 0.398 e. The Morgan fingerprint density at radius 1 is 1.07 bits per heavy atom. The van der Waals surface area contributed by atoms with Gasteiger partial charge in [-0.2, -0.15) is 0 Å². The SMILES string of the molecule is Cc1cncc(-c2ccc(N)c(C(=N)c3cc(N4C[C@@H](C)O[C@@H](C)C4)ncn3)c2)c1. The first-order valence-corrected chi connectivity index (χ1v) is 10.0. The zero-order valence-electron chi connectivity index (χ0n) is 17.5. The summed E-state index contributed by atoms with van der Waals surface area (Å²) in [6, 6.07) is 9.62. The van der Waals surface area contributed by atoms with Crippen LogP contribution >= 0.6 is 0 Å². The van der Waals surface area contributed by atoms with Crippen molar-refractivity contribution in [1.82, 2.24) is 15.0 Å². The van der Waals surface area contributed by atoms with Gasteiger partial charge in [0, 0.05) is 48.4 Å². The monoisotopic (exact) mass is 402 g/mol. The van der Waals surface area contributed by atoms with Gasteiger partial charge in [0.15, 0.2) is 0 Å². The van der Waals surface area contributed by atoms with E-state index >= 15 is 0 Å². The van der Waals surface area contributed by atoms with E-state index in [9.17, 15) is 0 Å². The number of anilines is 2. The number of ether oxygens (including phenoxy) is 1. The molecule has 7 heteroatoms. The number of nitrogen functional groups attached to an aromatic ring is 1. The molecule has 0 radical (unpaired) electrons. The molecule has 2 aromatic heterocycles. The first kappa shape index (κ1) is 20.0. The molecule has 3 aromatic rings. The Morgan fingerprint density at radius 3 is 2.57 bits per heavy atom. The maximum atomic E-state index is 8.77. The topological polar surface area (TPSA) is 101 Å². The number of benzene rings is 1. The summed E-state index contributed by atoms with van der Waals surface area (Å²) < 4.78 is 5.82. The van der Waals surface area contributed by atoms with E-state index < -0.39 is 0 Å². The van der Waals surface area contributed by atoms with Crippen LogP contribution in [0.25, 0.3) is 11.1 Å². The summed E-state index contributed by atoms with van der Waals surface area (Å²) in [4.78, 5) is 15.2. The van der Waals surface area contributed by atoms with E-state index in [2.05, 4.69) is 39.8 Å². The zero-order chi connectivity index (χ0) is 21.3. The van der Waals surface area contributed by atoms with E-state index in [-0.39, 0.29) is 17.9 Å². The minimum Gasteiger partial charge on any atom is -0.398 e. The van der Waals surface area contributed by atoms with Crippen molar-refractivity contribution >= 4 is 17.2 Å². The van der Waals surface area contributed by atoms with Crippen molar-refractivity contribution in [2.75, 3.05) is 23.7 Å². The van der Waals surface area contributed by atoms with Crippen LogP contribution in [0.15, 0.2) is 49.1 Å². The smallest absolute Gasteiger partial charge is 0.132 e. The fourth-order valence-corrected chi connectivity index (χ4v) is 3.82. The summed E-state index contributed by atoms with van der Waals surface area (Å²) in [6.07, 6.45) is 5.40. The molecule has 3 heterocycles. The van der Waals surface area contributed by atoms with E-state index in [0.717, 1.165) is 35.6 Å². The van der Waals surface area contributed by atoms with Crippen molar-refractivity contribution in [3.63, 3.8) is 0 Å². The Kier molecular flexibility index (Phi) is 5.46. The Morgan fingerprint density at radius 2 is 1.83 bits per heavy atom. The first-order valence-electron chi connectivity index (χ1n) is 10.0. The number of nitrogens with zero attached hydrogens (tertiary/aromatic N) is 4. The highest BCUT2D eigenvalue weighted by atomic mass is 16.5. The standard InChI is InChI=1S/C23H26N6O/c1-14-6-18(10-26-9-14)17-4-5-20(24)19(7-17)23(25)21-8-22(28-13-27-21)29-11-15(2)30-16(3)12-29/h4-10,13,15-16,25H,11-12,24H2,1-3H3/t15-,16+. The Labute approximate surface area is 176 Å². The third-order valence-electron chi connectivity index (χ3n) is 5.18. The lowest BCUT2D eigenvalue weighted by molar-refractivity contribution is -0.00546. The van der Waals surface area contributed by atoms with Crippen LogP contribution in [0.3, 0.4) is 0 Å². The number of aromatic nitrogens is 3. The van der Waals surface area contributed by atoms with Gasteiger partial charge in [0.1, 0.15) is 12.1 Å². The van der Waals surface area contributed by atoms with E-state index in [1.165, 1.54) is 6.33 Å². The quantitative estimate of drug-likeness (QED) is 0.512. The molecule has 1 saturated heterocycles. The zero-order valence-corrected chi connectivity index (χ0v) is 17.5. The highest BCUT2D eigenvalue weighted by molar-refractivity contribution is 6.13. The number of morpholine rings is 1. The summed E-state index contributed by atoms with van der Waals surface area (Å²) in [5.74, 6) is 0.796. The van der Waals surface area contributed by atoms with Crippen LogP contribution in [0.5, 0.6) is 0 Å². The molecule has 0 unspecified atom stereocenters. The normalized spacial score (nSPS) is 19.0. The predicted molar refractivity (Wildman–Crippen MR) is 119 cm³/mol. The van der Waals surface area contributed by atoms with Crippen molar-refractivity contribution in [3.05, 3.63) is 65.9 Å². The summed E-state index contributed by atoms with van der Waals surface area (Å²) in [7, 11) is 0. The van der Waals surface area contributed by atoms with Gasteiger partial charge in [-0.05, 0) is 50.1 Å². The lowest BCUT2D eigenvalue weighted by Gasteiger charge is -2.36. The molecular weight excluding hydrogens is 376 g/mol. The minimum atomic E-state index is 0.127. The fourth-order valence-electron chi connectivity index (χ4n) is 3.82. The molecule has 1 aliphatic heterocycles. The van der Waals surface area contributed by atoms with Crippen LogP contribution in [0.2, 0.25) is 0 Å². The fraction of sp³-hybridized carbons (Fsp3) is 0.304. The van der Waals surface area contributed by atoms with Gasteiger partial charge in [-0.15, -0.1) is 0 Å². The number of nitrogens with one attached hydrogen (secondary N) is 1. The molecular formula is C23H26N6O. The number of hydrogen-bond acceptors (Lipinski definition) is 7. The van der Waals surface area contributed by atoms with Crippen molar-refractivity contribution in [3.8, 4) is 11.1 Å². The number of pyridine rings is 1. The second-order valence-electron chi connectivity index (χ2n) is 7.85. The average Bonchev–Trinajstić information content (AvgIpc) is 2.73. The van der Waals surface area contributed by atoms with Crippen molar-refractivity contribution in [2.45, 2.75) is 33.0 Å². The van der Waals surface area contributed by atoms with E-state index in [1.54, 1.807) is 0 Å². The molecule has 0 saturated carbocycles. The summed E-state index contributed by atoms with van der Waals surface area (Å²) in [5, 5.41) is 8.77. The summed E-state index contributed by atoms with van der Waals surface area (Å²) in [6.45, 7) is 7.63. The van der Waals surface area contributed by atoms with Gasteiger partial charge >= 0.3 is 0 Å². The summed E-state index contributed by atoms with van der Waals surface area (Å²) >= 11 is 0. The van der Waals surface area contributed by atoms with Gasteiger partial charge in [0.2, 0.25) is 0 Å². The molecule has 154 valence electrons. The number of nitrogens with two attached hydrogens (primary N) is 1. The highest BCUT2D eigenvalue weighted by Crippen LogP contribution is 2.26. The van der Waals surface area contributed by atoms with E-state index in [0.29, 0.717) is 16.9 Å². The molecule has 0 aliphatic carbocycles. The van der Waals surface area contributed by atoms with Gasteiger partial charge in [0.05, 0.1) is 23.6 Å². The van der Waals surface area contributed by atoms with Gasteiger partial charge in [-0.1, -0.05) is 6.07 Å². The van der Waals surface area contributed by atoms with E-state index in [4.69, 9.17) is 15.9 Å². The molecule has 3 N–H and O–H groups in total. The van der Waals surface area contributed by atoms with E-state index in [1.807, 2.05) is 43.6 Å². The van der Waals surface area contributed by atoms with Crippen molar-refractivity contribution in [2.24, 2.45) is 0 Å². The number of rotatable bonds is 4. The van der Waals surface area contributed by atoms with Crippen molar-refractivity contribution in [1.29, 1.82) is 5.41 Å². The molecule has 0 amide bonds. The highest BCUT2D eigenvalue weighted by Gasteiger charge is 2.24. The predicted octanol–water partition coefficient (Wildman–Crippen LogP) is 3.46. The van der Waals surface area contributed by atoms with Crippen LogP contribution in [0.1, 0.15) is 30.7 Å². The van der Waals surface area contributed by atoms with Crippen LogP contribution in [-0.4, -0.2) is 46.0 Å². The molecule has 1 fully saturated rings. The van der Waals surface area contributed by atoms with Crippen LogP contribution in [0, 0.1) is 12.3 Å². The lowest BCUT2D eigenvalue weighted by atomic mass is 9.98. The lowest BCUT2D eigenvalue weighted by Crippen LogP contribution is -2.45. The van der Waals surface area contributed by atoms with Crippen LogP contribution < -0.4 is 10.6 Å². The minimum absolute atomic E-state index is 0.127. The van der Waals surface area contributed by atoms with Crippen molar-refractivity contribution < 1.29 is 4.74 Å². The Hall–Kier alpha value is -3.32. The maximum absolute atomic E-state index is 8.77. The molecule has 2 atom stereocenters. The number of aryl methyl sites for hydroxylation is 1. The first-order chi connectivity index (χ1) is 14.4. The molecule has 0 bridgehead atoms. The summed E-state index contributed by atoms with van der Waals surface area (Å²) in [5.41, 5.74) is 11.3. The Bertz CT molecular complexity index is 1070. The van der Waals surface area contributed by atoms with Gasteiger partial charge in [0.25, 0.3) is 0 Å². The average molecular weight is 403 g/mol. The maximum Gasteiger partial charge on any atom is 0.132 e. The molecule has 1 aromatic carbocycles.